The highest BCUT2D eigenvalue weighted by Gasteiger charge is 2.28. The molecule has 2 aromatic rings. The highest BCUT2D eigenvalue weighted by atomic mass is 32.2. The van der Waals surface area contributed by atoms with Crippen LogP contribution in [0.15, 0.2) is 52.3 Å². The van der Waals surface area contributed by atoms with E-state index in [0.29, 0.717) is 18.8 Å². The lowest BCUT2D eigenvalue weighted by molar-refractivity contribution is 0.243. The normalized spacial score (nSPS) is 15.6. The molecule has 31 heavy (non-hydrogen) atoms. The van der Waals surface area contributed by atoms with Gasteiger partial charge in [-0.2, -0.15) is 4.31 Å². The van der Waals surface area contributed by atoms with Crippen molar-refractivity contribution in [3.05, 3.63) is 42.5 Å². The molecule has 2 aromatic carbocycles. The van der Waals surface area contributed by atoms with E-state index in [2.05, 4.69) is 4.72 Å². The first kappa shape index (κ1) is 23.4. The smallest absolute Gasteiger partial charge is 0.262 e. The van der Waals surface area contributed by atoms with Crippen LogP contribution in [-0.2, 0) is 20.0 Å². The van der Waals surface area contributed by atoms with Gasteiger partial charge in [-0.15, -0.1) is 0 Å². The summed E-state index contributed by atoms with van der Waals surface area (Å²) in [4.78, 5) is 0.0472. The van der Waals surface area contributed by atoms with Crippen molar-refractivity contribution in [3.63, 3.8) is 0 Å². The van der Waals surface area contributed by atoms with Crippen LogP contribution in [0.25, 0.3) is 0 Å². The van der Waals surface area contributed by atoms with Crippen LogP contribution in [0, 0.1) is 0 Å². The van der Waals surface area contributed by atoms with Gasteiger partial charge in [0.05, 0.1) is 28.7 Å². The fourth-order valence-electron chi connectivity index (χ4n) is 3.32. The number of anilines is 1. The van der Waals surface area contributed by atoms with E-state index >= 15 is 0 Å². The molecular formula is C21H28N2O6S2. The molecule has 1 N–H and O–H groups in total. The zero-order valence-corrected chi connectivity index (χ0v) is 19.5. The van der Waals surface area contributed by atoms with Crippen molar-refractivity contribution in [1.82, 2.24) is 4.31 Å². The van der Waals surface area contributed by atoms with Crippen molar-refractivity contribution >= 4 is 25.7 Å². The summed E-state index contributed by atoms with van der Waals surface area (Å²) >= 11 is 0. The molecule has 0 amide bonds. The highest BCUT2D eigenvalue weighted by molar-refractivity contribution is 7.92. The maximum absolute atomic E-state index is 13.1. The van der Waals surface area contributed by atoms with Gasteiger partial charge in [0.2, 0.25) is 10.0 Å². The summed E-state index contributed by atoms with van der Waals surface area (Å²) in [6, 6.07) is 10.2. The van der Waals surface area contributed by atoms with E-state index in [1.807, 2.05) is 0 Å². The average Bonchev–Trinajstić information content (AvgIpc) is 2.75. The average molecular weight is 469 g/mol. The predicted octanol–water partition coefficient (Wildman–Crippen LogP) is 3.46. The molecule has 1 saturated heterocycles. The molecule has 8 nitrogen and oxygen atoms in total. The molecule has 1 fully saturated rings. The van der Waals surface area contributed by atoms with Gasteiger partial charge in [0, 0.05) is 13.1 Å². The molecule has 0 aliphatic carbocycles. The molecule has 1 aliphatic rings. The van der Waals surface area contributed by atoms with Gasteiger partial charge in [-0.3, -0.25) is 4.72 Å². The Morgan fingerprint density at radius 1 is 0.903 bits per heavy atom. The van der Waals surface area contributed by atoms with Crippen molar-refractivity contribution in [3.8, 4) is 11.5 Å². The van der Waals surface area contributed by atoms with Crippen LogP contribution in [0.4, 0.5) is 5.69 Å². The number of hydrogen-bond acceptors (Lipinski definition) is 6. The van der Waals surface area contributed by atoms with E-state index in [0.717, 1.165) is 19.3 Å². The molecule has 0 atom stereocenters. The van der Waals surface area contributed by atoms with Gasteiger partial charge in [0.1, 0.15) is 11.5 Å². The SMILES string of the molecule is COc1ccc(S(=O)(=O)Nc2cc(S(=O)(=O)N3CCCCC3)ccc2OC(C)C)cc1. The Bertz CT molecular complexity index is 1110. The molecule has 0 saturated carbocycles. The molecule has 0 unspecified atom stereocenters. The van der Waals surface area contributed by atoms with Crippen molar-refractivity contribution in [2.75, 3.05) is 24.9 Å². The molecular weight excluding hydrogens is 440 g/mol. The third kappa shape index (κ3) is 5.50. The predicted molar refractivity (Wildman–Crippen MR) is 119 cm³/mol. The molecule has 1 aliphatic heterocycles. The summed E-state index contributed by atoms with van der Waals surface area (Å²) in [5.41, 5.74) is 0.0719. The van der Waals surface area contributed by atoms with Crippen LogP contribution >= 0.6 is 0 Å². The minimum Gasteiger partial charge on any atom is -0.497 e. The first-order valence-electron chi connectivity index (χ1n) is 10.1. The fourth-order valence-corrected chi connectivity index (χ4v) is 5.92. The third-order valence-corrected chi connectivity index (χ3v) is 8.16. The van der Waals surface area contributed by atoms with Crippen LogP contribution in [-0.4, -0.2) is 47.4 Å². The van der Waals surface area contributed by atoms with E-state index in [1.54, 1.807) is 13.8 Å². The molecule has 170 valence electrons. The summed E-state index contributed by atoms with van der Waals surface area (Å²) in [6.07, 6.45) is 2.39. The number of sulfonamides is 2. The molecule has 3 rings (SSSR count). The summed E-state index contributed by atoms with van der Waals surface area (Å²) < 4.78 is 66.7. The minimum absolute atomic E-state index is 0.0214. The second-order valence-corrected chi connectivity index (χ2v) is 11.2. The van der Waals surface area contributed by atoms with Crippen LogP contribution in [0.5, 0.6) is 11.5 Å². The molecule has 0 radical (unpaired) electrons. The van der Waals surface area contributed by atoms with Crippen molar-refractivity contribution < 1.29 is 26.3 Å². The maximum Gasteiger partial charge on any atom is 0.262 e. The number of methoxy groups -OCH3 is 1. The minimum atomic E-state index is -3.98. The number of benzene rings is 2. The lowest BCUT2D eigenvalue weighted by Crippen LogP contribution is -2.35. The Hall–Kier alpha value is -2.30. The van der Waals surface area contributed by atoms with Gasteiger partial charge >= 0.3 is 0 Å². The number of rotatable bonds is 8. The molecule has 0 spiro atoms. The quantitative estimate of drug-likeness (QED) is 0.637. The lowest BCUT2D eigenvalue weighted by atomic mass is 10.2. The third-order valence-electron chi connectivity index (χ3n) is 4.88. The Kier molecular flexibility index (Phi) is 7.13. The van der Waals surface area contributed by atoms with E-state index in [1.165, 1.54) is 53.9 Å². The van der Waals surface area contributed by atoms with Gasteiger partial charge in [-0.25, -0.2) is 16.8 Å². The standard InChI is InChI=1S/C21H28N2O6S2/c1-16(2)29-21-12-11-19(31(26,27)23-13-5-4-6-14-23)15-20(21)22-30(24,25)18-9-7-17(28-3)8-10-18/h7-12,15-16,22H,4-6,13-14H2,1-3H3. The second kappa shape index (κ2) is 9.46. The number of nitrogens with zero attached hydrogens (tertiary/aromatic N) is 1. The van der Waals surface area contributed by atoms with Crippen LogP contribution in [0.2, 0.25) is 0 Å². The number of piperidine rings is 1. The second-order valence-electron chi connectivity index (χ2n) is 7.57. The first-order chi connectivity index (χ1) is 14.6. The van der Waals surface area contributed by atoms with Gasteiger partial charge < -0.3 is 9.47 Å². The fraction of sp³-hybridized carbons (Fsp3) is 0.429. The molecule has 0 aromatic heterocycles. The van der Waals surface area contributed by atoms with Gasteiger partial charge in [0.15, 0.2) is 0 Å². The highest BCUT2D eigenvalue weighted by Crippen LogP contribution is 2.32. The topological polar surface area (TPSA) is 102 Å². The van der Waals surface area contributed by atoms with E-state index < -0.39 is 20.0 Å². The summed E-state index contributed by atoms with van der Waals surface area (Å²) in [5.74, 6) is 0.780. The molecule has 10 heteroatoms. The number of hydrogen-bond donors (Lipinski definition) is 1. The monoisotopic (exact) mass is 468 g/mol. The number of ether oxygens (including phenoxy) is 2. The summed E-state index contributed by atoms with van der Waals surface area (Å²) in [5, 5.41) is 0. The van der Waals surface area contributed by atoms with Crippen LogP contribution < -0.4 is 14.2 Å². The Morgan fingerprint density at radius 3 is 2.10 bits per heavy atom. The van der Waals surface area contributed by atoms with Crippen LogP contribution in [0.1, 0.15) is 33.1 Å². The Balaban J connectivity index is 1.98. The van der Waals surface area contributed by atoms with Gasteiger partial charge in [-0.05, 0) is 69.2 Å². The zero-order valence-electron chi connectivity index (χ0n) is 17.9. The van der Waals surface area contributed by atoms with E-state index in [4.69, 9.17) is 9.47 Å². The van der Waals surface area contributed by atoms with Gasteiger partial charge in [0.25, 0.3) is 10.0 Å². The Morgan fingerprint density at radius 2 is 1.52 bits per heavy atom. The van der Waals surface area contributed by atoms with Gasteiger partial charge in [-0.1, -0.05) is 6.42 Å². The van der Waals surface area contributed by atoms with E-state index in [-0.39, 0.29) is 27.3 Å². The zero-order chi connectivity index (χ0) is 22.6. The summed E-state index contributed by atoms with van der Waals surface area (Å²) in [7, 11) is -6.22. The van der Waals surface area contributed by atoms with Crippen molar-refractivity contribution in [2.24, 2.45) is 0 Å². The van der Waals surface area contributed by atoms with Crippen LogP contribution in [0.3, 0.4) is 0 Å². The van der Waals surface area contributed by atoms with Crippen molar-refractivity contribution in [1.29, 1.82) is 0 Å². The van der Waals surface area contributed by atoms with Crippen molar-refractivity contribution in [2.45, 2.75) is 49.0 Å². The Labute approximate surface area is 184 Å². The summed E-state index contributed by atoms with van der Waals surface area (Å²) in [6.45, 7) is 4.53. The first-order valence-corrected chi connectivity index (χ1v) is 13.0. The maximum atomic E-state index is 13.1. The molecule has 0 bridgehead atoms. The lowest BCUT2D eigenvalue weighted by Gasteiger charge is -2.26. The van der Waals surface area contributed by atoms with E-state index in [9.17, 15) is 16.8 Å². The molecule has 1 heterocycles. The number of nitrogens with one attached hydrogen (secondary N) is 1. The largest absolute Gasteiger partial charge is 0.497 e.